The third kappa shape index (κ3) is 3.81. The number of Topliss-reactive ketones (excluding diaryl/α,β-unsaturated/α-hetero) is 1. The highest BCUT2D eigenvalue weighted by molar-refractivity contribution is 6.04. The zero-order chi connectivity index (χ0) is 20.4. The van der Waals surface area contributed by atoms with Crippen LogP contribution in [0.5, 0.6) is 5.75 Å². The molecule has 2 heterocycles. The van der Waals surface area contributed by atoms with Gasteiger partial charge in [-0.15, -0.1) is 0 Å². The Hall–Kier alpha value is -2.60. The molecule has 0 unspecified atom stereocenters. The third-order valence-corrected chi connectivity index (χ3v) is 5.87. The van der Waals surface area contributed by atoms with Crippen LogP contribution in [0.3, 0.4) is 0 Å². The molecule has 1 aromatic carbocycles. The lowest BCUT2D eigenvalue weighted by Gasteiger charge is -2.34. The molecule has 0 aromatic heterocycles. The van der Waals surface area contributed by atoms with E-state index in [0.29, 0.717) is 29.9 Å². The number of carbonyl (C=O) groups excluding carboxylic acids is 2. The fraction of sp³-hybridized carbons (Fsp3) is 0.478. The predicted molar refractivity (Wildman–Crippen MR) is 107 cm³/mol. The summed E-state index contributed by atoms with van der Waals surface area (Å²) in [7, 11) is 1.60. The summed E-state index contributed by atoms with van der Waals surface area (Å²) in [5.41, 5.74) is 3.58. The summed E-state index contributed by atoms with van der Waals surface area (Å²) in [6.45, 7) is 2.81. The van der Waals surface area contributed by atoms with Gasteiger partial charge in [0, 0.05) is 35.6 Å². The molecule has 1 fully saturated rings. The lowest BCUT2D eigenvalue weighted by atomic mass is 9.75. The maximum Gasteiger partial charge on any atom is 0.336 e. The largest absolute Gasteiger partial charge is 0.496 e. The smallest absolute Gasteiger partial charge is 0.336 e. The zero-order valence-electron chi connectivity index (χ0n) is 17.0. The number of carbonyl (C=O) groups is 2. The molecule has 4 rings (SSSR count). The van der Waals surface area contributed by atoms with Gasteiger partial charge >= 0.3 is 5.97 Å². The van der Waals surface area contributed by atoms with Crippen molar-refractivity contribution in [2.45, 2.75) is 51.0 Å². The third-order valence-electron chi connectivity index (χ3n) is 5.87. The highest BCUT2D eigenvalue weighted by atomic mass is 16.6. The van der Waals surface area contributed by atoms with Crippen LogP contribution in [-0.4, -0.2) is 38.2 Å². The average molecular weight is 397 g/mol. The van der Waals surface area contributed by atoms with Crippen molar-refractivity contribution in [2.75, 3.05) is 20.3 Å². The van der Waals surface area contributed by atoms with E-state index in [2.05, 4.69) is 5.32 Å². The summed E-state index contributed by atoms with van der Waals surface area (Å²) >= 11 is 0. The van der Waals surface area contributed by atoms with E-state index in [1.807, 2.05) is 31.2 Å². The average Bonchev–Trinajstić information content (AvgIpc) is 3.25. The van der Waals surface area contributed by atoms with Gasteiger partial charge in [-0.3, -0.25) is 4.79 Å². The molecule has 1 aliphatic carbocycles. The van der Waals surface area contributed by atoms with Crippen LogP contribution < -0.4 is 10.1 Å². The number of rotatable bonds is 5. The summed E-state index contributed by atoms with van der Waals surface area (Å²) in [6.07, 6.45) is 3.93. The van der Waals surface area contributed by atoms with Crippen molar-refractivity contribution in [3.05, 3.63) is 52.4 Å². The number of dihydropyridines is 1. The predicted octanol–water partition coefficient (Wildman–Crippen LogP) is 3.39. The Morgan fingerprint density at radius 3 is 2.83 bits per heavy atom. The minimum atomic E-state index is -0.493. The lowest BCUT2D eigenvalue weighted by Crippen LogP contribution is -2.35. The van der Waals surface area contributed by atoms with Crippen LogP contribution in [0.15, 0.2) is 46.8 Å². The number of hydrogen-bond donors (Lipinski definition) is 1. The van der Waals surface area contributed by atoms with Crippen molar-refractivity contribution in [1.82, 2.24) is 5.32 Å². The van der Waals surface area contributed by atoms with E-state index in [9.17, 15) is 9.59 Å². The van der Waals surface area contributed by atoms with Gasteiger partial charge in [0.25, 0.3) is 0 Å². The van der Waals surface area contributed by atoms with Crippen LogP contribution >= 0.6 is 0 Å². The summed E-state index contributed by atoms with van der Waals surface area (Å²) in [6, 6.07) is 7.56. The van der Waals surface area contributed by atoms with Crippen molar-refractivity contribution >= 4 is 11.8 Å². The molecule has 6 heteroatoms. The molecule has 0 saturated carbocycles. The number of para-hydroxylation sites is 1. The van der Waals surface area contributed by atoms with Crippen molar-refractivity contribution in [2.24, 2.45) is 0 Å². The van der Waals surface area contributed by atoms with Gasteiger partial charge < -0.3 is 19.5 Å². The second kappa shape index (κ2) is 8.41. The molecule has 0 radical (unpaired) electrons. The first-order chi connectivity index (χ1) is 14.1. The first kappa shape index (κ1) is 19.7. The molecule has 3 aliphatic rings. The van der Waals surface area contributed by atoms with Gasteiger partial charge in [0.2, 0.25) is 0 Å². The maximum atomic E-state index is 13.2. The van der Waals surface area contributed by atoms with E-state index >= 15 is 0 Å². The molecule has 2 atom stereocenters. The Kier molecular flexibility index (Phi) is 5.72. The van der Waals surface area contributed by atoms with Crippen molar-refractivity contribution < 1.29 is 23.8 Å². The molecule has 2 aliphatic heterocycles. The number of hydrogen-bond acceptors (Lipinski definition) is 6. The Labute approximate surface area is 170 Å². The summed E-state index contributed by atoms with van der Waals surface area (Å²) < 4.78 is 16.8. The number of esters is 1. The molecule has 1 N–H and O–H groups in total. The molecule has 0 amide bonds. The highest BCUT2D eigenvalue weighted by Crippen LogP contribution is 2.45. The number of ketones is 1. The van der Waals surface area contributed by atoms with Gasteiger partial charge in [0.05, 0.1) is 24.7 Å². The molecule has 29 heavy (non-hydrogen) atoms. The quantitative estimate of drug-likeness (QED) is 0.768. The van der Waals surface area contributed by atoms with E-state index in [0.717, 1.165) is 42.6 Å². The zero-order valence-corrected chi connectivity index (χ0v) is 17.0. The SMILES string of the molecule is COc1ccccc1[C@H]1C(C(=O)OC[C@H]2CCCO2)=C(C)NC2=C1C(=O)CCC2. The van der Waals surface area contributed by atoms with E-state index in [1.54, 1.807) is 7.11 Å². The molecule has 154 valence electrons. The molecule has 1 aromatic rings. The summed E-state index contributed by atoms with van der Waals surface area (Å²) in [4.78, 5) is 26.1. The van der Waals surface area contributed by atoms with E-state index in [4.69, 9.17) is 14.2 Å². The number of methoxy groups -OCH3 is 1. The van der Waals surface area contributed by atoms with Gasteiger partial charge in [0.1, 0.15) is 12.4 Å². The van der Waals surface area contributed by atoms with Crippen LogP contribution in [0, 0.1) is 0 Å². The fourth-order valence-corrected chi connectivity index (χ4v) is 4.49. The van der Waals surface area contributed by atoms with Crippen LogP contribution in [0.1, 0.15) is 50.5 Å². The van der Waals surface area contributed by atoms with Gasteiger partial charge in [0.15, 0.2) is 5.78 Å². The van der Waals surface area contributed by atoms with Gasteiger partial charge in [-0.05, 0) is 38.7 Å². The summed E-state index contributed by atoms with van der Waals surface area (Å²) in [5, 5.41) is 3.31. The van der Waals surface area contributed by atoms with Gasteiger partial charge in [-0.1, -0.05) is 18.2 Å². The Balaban J connectivity index is 1.73. The van der Waals surface area contributed by atoms with Crippen molar-refractivity contribution in [3.63, 3.8) is 0 Å². The van der Waals surface area contributed by atoms with Crippen molar-refractivity contribution in [3.8, 4) is 5.75 Å². The Bertz CT molecular complexity index is 879. The van der Waals surface area contributed by atoms with E-state index in [1.165, 1.54) is 0 Å². The summed E-state index contributed by atoms with van der Waals surface area (Å²) in [5.74, 6) is -0.174. The molecular weight excluding hydrogens is 370 g/mol. The monoisotopic (exact) mass is 397 g/mol. The molecule has 1 saturated heterocycles. The normalized spacial score (nSPS) is 24.3. The lowest BCUT2D eigenvalue weighted by molar-refractivity contribution is -0.142. The highest BCUT2D eigenvalue weighted by Gasteiger charge is 2.40. The van der Waals surface area contributed by atoms with Gasteiger partial charge in [-0.25, -0.2) is 4.79 Å². The molecule has 0 bridgehead atoms. The maximum absolute atomic E-state index is 13.2. The minimum absolute atomic E-state index is 0.0489. The number of allylic oxidation sites excluding steroid dienone is 3. The Morgan fingerprint density at radius 1 is 1.24 bits per heavy atom. The first-order valence-electron chi connectivity index (χ1n) is 10.3. The first-order valence-corrected chi connectivity index (χ1v) is 10.3. The van der Waals surface area contributed by atoms with Gasteiger partial charge in [-0.2, -0.15) is 0 Å². The topological polar surface area (TPSA) is 73.9 Å². The Morgan fingerprint density at radius 2 is 2.07 bits per heavy atom. The second-order valence-electron chi connectivity index (χ2n) is 7.74. The van der Waals surface area contributed by atoms with Crippen LogP contribution in [-0.2, 0) is 19.1 Å². The molecule has 6 nitrogen and oxygen atoms in total. The fourth-order valence-electron chi connectivity index (χ4n) is 4.49. The molecule has 0 spiro atoms. The molecular formula is C23H27NO5. The number of nitrogens with one attached hydrogen (secondary N) is 1. The number of benzene rings is 1. The van der Waals surface area contributed by atoms with Crippen LogP contribution in [0.2, 0.25) is 0 Å². The minimum Gasteiger partial charge on any atom is -0.496 e. The van der Waals surface area contributed by atoms with Crippen LogP contribution in [0.25, 0.3) is 0 Å². The van der Waals surface area contributed by atoms with Crippen LogP contribution in [0.4, 0.5) is 0 Å². The van der Waals surface area contributed by atoms with E-state index < -0.39 is 11.9 Å². The van der Waals surface area contributed by atoms with Crippen molar-refractivity contribution in [1.29, 1.82) is 0 Å². The van der Waals surface area contributed by atoms with E-state index in [-0.39, 0.29) is 18.5 Å². The number of ether oxygens (including phenoxy) is 3. The second-order valence-corrected chi connectivity index (χ2v) is 7.74. The standard InChI is InChI=1S/C23H27NO5/c1-14-20(23(26)29-13-15-7-6-12-28-15)21(16-8-3-4-11-19(16)27-2)22-17(24-14)9-5-10-18(22)25/h3-4,8,11,15,21,24H,5-7,9-10,12-13H2,1-2H3/t15-,21+/m1/s1.